The number of amides is 2. The molecule has 0 aliphatic heterocycles. The molecule has 1 unspecified atom stereocenters. The second-order valence-electron chi connectivity index (χ2n) is 5.36. The first kappa shape index (κ1) is 18.0. The number of rotatable bonds is 9. The van der Waals surface area contributed by atoms with Gasteiger partial charge >= 0.3 is 12.0 Å². The van der Waals surface area contributed by atoms with E-state index in [-0.39, 0.29) is 18.5 Å². The molecule has 5 heteroatoms. The van der Waals surface area contributed by atoms with Gasteiger partial charge in [0.15, 0.2) is 0 Å². The van der Waals surface area contributed by atoms with E-state index in [1.807, 2.05) is 30.3 Å². The summed E-state index contributed by atoms with van der Waals surface area (Å²) >= 11 is 0. The number of hydrogen-bond donors (Lipinski definition) is 3. The highest BCUT2D eigenvalue weighted by Crippen LogP contribution is 2.27. The molecule has 0 spiro atoms. The third-order valence-corrected chi connectivity index (χ3v) is 3.82. The van der Waals surface area contributed by atoms with E-state index in [9.17, 15) is 9.59 Å². The Kier molecular flexibility index (Phi) is 8.04. The molecule has 22 heavy (non-hydrogen) atoms. The molecule has 3 N–H and O–H groups in total. The van der Waals surface area contributed by atoms with Gasteiger partial charge in [0.05, 0.1) is 6.04 Å². The lowest BCUT2D eigenvalue weighted by Gasteiger charge is -2.27. The zero-order valence-electron chi connectivity index (χ0n) is 13.3. The van der Waals surface area contributed by atoms with Crippen molar-refractivity contribution >= 4 is 12.0 Å². The first-order valence-electron chi connectivity index (χ1n) is 7.89. The zero-order chi connectivity index (χ0) is 16.4. The van der Waals surface area contributed by atoms with E-state index < -0.39 is 5.97 Å². The molecule has 1 aromatic carbocycles. The number of benzene rings is 1. The van der Waals surface area contributed by atoms with Gasteiger partial charge in [-0.25, -0.2) is 4.79 Å². The lowest BCUT2D eigenvalue weighted by molar-refractivity contribution is -0.137. The van der Waals surface area contributed by atoms with Crippen molar-refractivity contribution < 1.29 is 14.7 Å². The number of urea groups is 1. The predicted octanol–water partition coefficient (Wildman–Crippen LogP) is 3.33. The normalized spacial score (nSPS) is 12.0. The fourth-order valence-corrected chi connectivity index (χ4v) is 2.53. The van der Waals surface area contributed by atoms with Crippen molar-refractivity contribution in [3.8, 4) is 0 Å². The van der Waals surface area contributed by atoms with Crippen LogP contribution in [0.3, 0.4) is 0 Å². The van der Waals surface area contributed by atoms with Gasteiger partial charge in [-0.3, -0.25) is 4.79 Å². The molecule has 122 valence electrons. The van der Waals surface area contributed by atoms with Crippen molar-refractivity contribution in [2.24, 2.45) is 5.92 Å². The third kappa shape index (κ3) is 6.16. The number of carbonyl (C=O) groups excluding carboxylic acids is 1. The van der Waals surface area contributed by atoms with Crippen LogP contribution in [0.25, 0.3) is 0 Å². The Balaban J connectivity index is 2.61. The van der Waals surface area contributed by atoms with Crippen LogP contribution < -0.4 is 10.6 Å². The summed E-state index contributed by atoms with van der Waals surface area (Å²) in [6.07, 6.45) is 2.46. The van der Waals surface area contributed by atoms with Crippen molar-refractivity contribution in [1.29, 1.82) is 0 Å². The Morgan fingerprint density at radius 2 is 1.77 bits per heavy atom. The number of carbonyl (C=O) groups is 2. The van der Waals surface area contributed by atoms with Gasteiger partial charge in [-0.05, 0) is 17.9 Å². The van der Waals surface area contributed by atoms with E-state index in [1.165, 1.54) is 0 Å². The summed E-state index contributed by atoms with van der Waals surface area (Å²) in [5, 5.41) is 14.3. The highest BCUT2D eigenvalue weighted by atomic mass is 16.4. The summed E-state index contributed by atoms with van der Waals surface area (Å²) < 4.78 is 0. The largest absolute Gasteiger partial charge is 0.481 e. The molecule has 0 bridgehead atoms. The molecule has 0 aromatic heterocycles. The van der Waals surface area contributed by atoms with E-state index in [1.54, 1.807) is 0 Å². The van der Waals surface area contributed by atoms with Gasteiger partial charge in [0.1, 0.15) is 0 Å². The first-order chi connectivity index (χ1) is 10.6. The molecule has 0 radical (unpaired) electrons. The van der Waals surface area contributed by atoms with Crippen molar-refractivity contribution in [3.63, 3.8) is 0 Å². The molecule has 1 rings (SSSR count). The van der Waals surface area contributed by atoms with Gasteiger partial charge < -0.3 is 15.7 Å². The summed E-state index contributed by atoms with van der Waals surface area (Å²) in [6.45, 7) is 4.61. The van der Waals surface area contributed by atoms with E-state index in [0.717, 1.165) is 18.4 Å². The van der Waals surface area contributed by atoms with Crippen LogP contribution in [0, 0.1) is 5.92 Å². The van der Waals surface area contributed by atoms with Crippen molar-refractivity contribution in [1.82, 2.24) is 10.6 Å². The molecule has 1 atom stereocenters. The second-order valence-corrected chi connectivity index (χ2v) is 5.36. The number of hydrogen-bond acceptors (Lipinski definition) is 2. The Hall–Kier alpha value is -2.04. The second kappa shape index (κ2) is 9.82. The van der Waals surface area contributed by atoms with Crippen LogP contribution in [0.4, 0.5) is 4.79 Å². The zero-order valence-corrected chi connectivity index (χ0v) is 13.3. The van der Waals surface area contributed by atoms with Crippen LogP contribution in [-0.2, 0) is 4.79 Å². The molecule has 1 aromatic rings. The molecule has 0 heterocycles. The number of aliphatic carboxylic acids is 1. The molecule has 0 saturated heterocycles. The van der Waals surface area contributed by atoms with Gasteiger partial charge in [-0.2, -0.15) is 0 Å². The Labute approximate surface area is 132 Å². The van der Waals surface area contributed by atoms with Gasteiger partial charge in [0.2, 0.25) is 0 Å². The lowest BCUT2D eigenvalue weighted by Crippen LogP contribution is -2.41. The van der Waals surface area contributed by atoms with Gasteiger partial charge in [-0.15, -0.1) is 0 Å². The third-order valence-electron chi connectivity index (χ3n) is 3.82. The summed E-state index contributed by atoms with van der Waals surface area (Å²) in [4.78, 5) is 22.5. The Morgan fingerprint density at radius 3 is 2.32 bits per heavy atom. The fraction of sp³-hybridized carbons (Fsp3) is 0.529. The molecule has 0 aliphatic rings. The van der Waals surface area contributed by atoms with E-state index >= 15 is 0 Å². The quantitative estimate of drug-likeness (QED) is 0.612. The maximum atomic E-state index is 12.0. The average molecular weight is 306 g/mol. The molecule has 0 fully saturated rings. The molecule has 0 saturated carbocycles. The number of nitrogens with one attached hydrogen (secondary N) is 2. The predicted molar refractivity (Wildman–Crippen MR) is 86.7 cm³/mol. The maximum absolute atomic E-state index is 12.0. The van der Waals surface area contributed by atoms with Crippen molar-refractivity contribution in [2.45, 2.75) is 45.6 Å². The minimum Gasteiger partial charge on any atom is -0.481 e. The molecule has 0 aliphatic carbocycles. The Morgan fingerprint density at radius 1 is 1.14 bits per heavy atom. The SMILES string of the molecule is CCC(CC)C(NC(=O)NCCCC(=O)O)c1ccccc1. The van der Waals surface area contributed by atoms with E-state index in [4.69, 9.17) is 5.11 Å². The van der Waals surface area contributed by atoms with Crippen LogP contribution in [0.5, 0.6) is 0 Å². The Bertz CT molecular complexity index is 458. The number of carboxylic acid groups (broad SMARTS) is 1. The van der Waals surface area contributed by atoms with Crippen LogP contribution in [0.15, 0.2) is 30.3 Å². The van der Waals surface area contributed by atoms with Crippen LogP contribution in [-0.4, -0.2) is 23.7 Å². The van der Waals surface area contributed by atoms with Gasteiger partial charge in [-0.1, -0.05) is 57.0 Å². The molecular formula is C17H26N2O3. The standard InChI is InChI=1S/C17H26N2O3/c1-3-13(4-2)16(14-9-6-5-7-10-14)19-17(22)18-12-8-11-15(20)21/h5-7,9-10,13,16H,3-4,8,11-12H2,1-2H3,(H,20,21)(H2,18,19,22). The molecule has 2 amide bonds. The number of carboxylic acids is 1. The van der Waals surface area contributed by atoms with Crippen LogP contribution in [0.2, 0.25) is 0 Å². The van der Waals surface area contributed by atoms with Gasteiger partial charge in [0.25, 0.3) is 0 Å². The van der Waals surface area contributed by atoms with Gasteiger partial charge in [0, 0.05) is 13.0 Å². The van der Waals surface area contributed by atoms with E-state index in [2.05, 4.69) is 24.5 Å². The van der Waals surface area contributed by atoms with E-state index in [0.29, 0.717) is 18.9 Å². The topological polar surface area (TPSA) is 78.4 Å². The minimum atomic E-state index is -0.846. The van der Waals surface area contributed by atoms with Crippen molar-refractivity contribution in [3.05, 3.63) is 35.9 Å². The average Bonchev–Trinajstić information content (AvgIpc) is 2.52. The first-order valence-corrected chi connectivity index (χ1v) is 7.89. The maximum Gasteiger partial charge on any atom is 0.315 e. The summed E-state index contributed by atoms with van der Waals surface area (Å²) in [7, 11) is 0. The molecular weight excluding hydrogens is 280 g/mol. The van der Waals surface area contributed by atoms with Crippen LogP contribution in [0.1, 0.15) is 51.1 Å². The monoisotopic (exact) mass is 306 g/mol. The summed E-state index contributed by atoms with van der Waals surface area (Å²) in [5.74, 6) is -0.478. The molecule has 5 nitrogen and oxygen atoms in total. The summed E-state index contributed by atoms with van der Waals surface area (Å²) in [6, 6.07) is 9.66. The summed E-state index contributed by atoms with van der Waals surface area (Å²) in [5.41, 5.74) is 1.09. The highest BCUT2D eigenvalue weighted by molar-refractivity contribution is 5.74. The minimum absolute atomic E-state index is 0.0318. The smallest absolute Gasteiger partial charge is 0.315 e. The fourth-order valence-electron chi connectivity index (χ4n) is 2.53. The van der Waals surface area contributed by atoms with Crippen molar-refractivity contribution in [2.75, 3.05) is 6.54 Å². The van der Waals surface area contributed by atoms with Crippen LogP contribution >= 0.6 is 0 Å². The highest BCUT2D eigenvalue weighted by Gasteiger charge is 2.22. The lowest BCUT2D eigenvalue weighted by atomic mass is 9.89.